The zero-order valence-electron chi connectivity index (χ0n) is 13.9. The summed E-state index contributed by atoms with van der Waals surface area (Å²) in [5.74, 6) is -0.733. The van der Waals surface area contributed by atoms with Crippen molar-refractivity contribution in [2.75, 3.05) is 14.2 Å². The van der Waals surface area contributed by atoms with Crippen molar-refractivity contribution < 1.29 is 19.1 Å². The van der Waals surface area contributed by atoms with Crippen LogP contribution in [0.5, 0.6) is 0 Å². The molecule has 0 amide bonds. The minimum absolute atomic E-state index is 0.334. The molecule has 7 heteroatoms. The summed E-state index contributed by atoms with van der Waals surface area (Å²) in [6.45, 7) is 1.98. The maximum Gasteiger partial charge on any atom is 0.339 e. The summed E-state index contributed by atoms with van der Waals surface area (Å²) in [4.78, 5) is 22.3. The van der Waals surface area contributed by atoms with E-state index >= 15 is 0 Å². The van der Waals surface area contributed by atoms with E-state index in [1.165, 1.54) is 14.2 Å². The highest BCUT2D eigenvalue weighted by atomic mass is 79.9. The van der Waals surface area contributed by atoms with Crippen molar-refractivity contribution in [3.05, 3.63) is 67.6 Å². The van der Waals surface area contributed by atoms with Gasteiger partial charge in [0.1, 0.15) is 0 Å². The van der Waals surface area contributed by atoms with Gasteiger partial charge in [-0.25, -0.2) is 9.59 Å². The van der Waals surface area contributed by atoms with Crippen LogP contribution in [0.3, 0.4) is 0 Å². The molecule has 4 nitrogen and oxygen atoms in total. The van der Waals surface area contributed by atoms with Gasteiger partial charge in [0, 0.05) is 14.5 Å². The molecule has 0 radical (unpaired) electrons. The Morgan fingerprint density at radius 2 is 1.40 bits per heavy atom. The Labute approximate surface area is 165 Å². The summed E-state index contributed by atoms with van der Waals surface area (Å²) in [6.07, 6.45) is 0.793. The minimum Gasteiger partial charge on any atom is -0.465 e. The molecule has 2 aromatic rings. The Hall–Kier alpha value is -1.56. The molecule has 0 saturated heterocycles. The van der Waals surface area contributed by atoms with Gasteiger partial charge in [0.05, 0.1) is 25.3 Å². The lowest BCUT2D eigenvalue weighted by atomic mass is 10.1. The zero-order valence-corrected chi connectivity index (χ0v) is 17.0. The highest BCUT2D eigenvalue weighted by molar-refractivity contribution is 9.10. The van der Waals surface area contributed by atoms with Crippen LogP contribution in [0.15, 0.2) is 40.9 Å². The monoisotopic (exact) mass is 446 g/mol. The number of rotatable bonds is 3. The van der Waals surface area contributed by atoms with Crippen LogP contribution in [0.25, 0.3) is 0 Å². The molecule has 0 heterocycles. The molecule has 0 spiro atoms. The second-order valence-electron chi connectivity index (χ2n) is 4.76. The number of hydrogen-bond donors (Lipinski definition) is 0. The number of carbonyl (C=O) groups is 2. The van der Waals surface area contributed by atoms with Gasteiger partial charge in [0.25, 0.3) is 0 Å². The molecule has 0 fully saturated rings. The largest absolute Gasteiger partial charge is 0.465 e. The number of carbonyl (C=O) groups excluding carboxylic acids is 2. The SMILES string of the molecule is CCc1ccc(Cl)cc1C(=O)OC.COC(=O)c1cc(Cl)ccc1Br. The van der Waals surface area contributed by atoms with Crippen LogP contribution < -0.4 is 0 Å². The Morgan fingerprint density at radius 1 is 0.920 bits per heavy atom. The average molecular weight is 448 g/mol. The summed E-state index contributed by atoms with van der Waals surface area (Å²) < 4.78 is 9.86. The first-order valence-electron chi connectivity index (χ1n) is 7.24. The fraction of sp³-hybridized carbons (Fsp3) is 0.222. The molecule has 2 aromatic carbocycles. The number of esters is 2. The first-order chi connectivity index (χ1) is 11.8. The number of benzene rings is 2. The van der Waals surface area contributed by atoms with Gasteiger partial charge in [-0.3, -0.25) is 0 Å². The molecule has 0 N–H and O–H groups in total. The van der Waals surface area contributed by atoms with Crippen LogP contribution in [0, 0.1) is 0 Å². The van der Waals surface area contributed by atoms with E-state index in [0.717, 1.165) is 12.0 Å². The van der Waals surface area contributed by atoms with Crippen molar-refractivity contribution in [2.24, 2.45) is 0 Å². The topological polar surface area (TPSA) is 52.6 Å². The molecular formula is C18H17BrCl2O4. The Bertz CT molecular complexity index is 763. The predicted octanol–water partition coefficient (Wildman–Crippen LogP) is 5.58. The van der Waals surface area contributed by atoms with Crippen molar-refractivity contribution in [1.29, 1.82) is 0 Å². The van der Waals surface area contributed by atoms with E-state index in [0.29, 0.717) is 25.6 Å². The fourth-order valence-corrected chi connectivity index (χ4v) is 2.67. The minimum atomic E-state index is -0.399. The lowest BCUT2D eigenvalue weighted by Gasteiger charge is -2.05. The van der Waals surface area contributed by atoms with Crippen LogP contribution in [-0.4, -0.2) is 26.2 Å². The lowest BCUT2D eigenvalue weighted by molar-refractivity contribution is 0.0590. The fourth-order valence-electron chi connectivity index (χ4n) is 1.92. The summed E-state index contributed by atoms with van der Waals surface area (Å²) >= 11 is 14.7. The molecule has 0 aliphatic heterocycles. The van der Waals surface area contributed by atoms with Crippen LogP contribution in [0.2, 0.25) is 10.0 Å². The number of methoxy groups -OCH3 is 2. The molecule has 0 aliphatic rings. The maximum atomic E-state index is 11.3. The van der Waals surface area contributed by atoms with Gasteiger partial charge >= 0.3 is 11.9 Å². The van der Waals surface area contributed by atoms with Gasteiger partial charge in [0.15, 0.2) is 0 Å². The van der Waals surface area contributed by atoms with E-state index in [9.17, 15) is 9.59 Å². The second kappa shape index (κ2) is 10.4. The van der Waals surface area contributed by atoms with E-state index < -0.39 is 5.97 Å². The molecule has 0 aliphatic carbocycles. The first-order valence-corrected chi connectivity index (χ1v) is 8.79. The smallest absolute Gasteiger partial charge is 0.339 e. The van der Waals surface area contributed by atoms with Crippen LogP contribution in [0.4, 0.5) is 0 Å². The summed E-state index contributed by atoms with van der Waals surface area (Å²) in [7, 11) is 2.69. The van der Waals surface area contributed by atoms with Gasteiger partial charge in [-0.05, 0) is 58.2 Å². The summed E-state index contributed by atoms with van der Waals surface area (Å²) in [5, 5.41) is 1.07. The molecule has 0 atom stereocenters. The van der Waals surface area contributed by atoms with E-state index in [1.807, 2.05) is 13.0 Å². The molecule has 0 aromatic heterocycles. The van der Waals surface area contributed by atoms with Gasteiger partial charge < -0.3 is 9.47 Å². The third-order valence-corrected chi connectivity index (χ3v) is 4.35. The number of halogens is 3. The molecular weight excluding hydrogens is 431 g/mol. The Kier molecular flexibility index (Phi) is 8.97. The number of ether oxygens (including phenoxy) is 2. The highest BCUT2D eigenvalue weighted by Crippen LogP contribution is 2.21. The van der Waals surface area contributed by atoms with Crippen LogP contribution >= 0.6 is 39.1 Å². The average Bonchev–Trinajstić information content (AvgIpc) is 2.62. The van der Waals surface area contributed by atoms with Crippen LogP contribution in [-0.2, 0) is 15.9 Å². The normalized spacial score (nSPS) is 9.68. The predicted molar refractivity (Wildman–Crippen MR) is 103 cm³/mol. The molecule has 0 bridgehead atoms. The first kappa shape index (κ1) is 21.5. The molecule has 2 rings (SSSR count). The number of hydrogen-bond acceptors (Lipinski definition) is 4. The van der Waals surface area contributed by atoms with Gasteiger partial charge in [-0.2, -0.15) is 0 Å². The van der Waals surface area contributed by atoms with E-state index in [2.05, 4.69) is 25.4 Å². The molecule has 134 valence electrons. The summed E-state index contributed by atoms with van der Waals surface area (Å²) in [6, 6.07) is 10.2. The van der Waals surface area contributed by atoms with Gasteiger partial charge in [-0.1, -0.05) is 36.2 Å². The number of aryl methyl sites for hydroxylation is 1. The zero-order chi connectivity index (χ0) is 19.0. The van der Waals surface area contributed by atoms with Crippen molar-refractivity contribution in [1.82, 2.24) is 0 Å². The maximum absolute atomic E-state index is 11.3. The second-order valence-corrected chi connectivity index (χ2v) is 6.49. The Balaban J connectivity index is 0.000000251. The van der Waals surface area contributed by atoms with Crippen molar-refractivity contribution in [2.45, 2.75) is 13.3 Å². The van der Waals surface area contributed by atoms with E-state index in [4.69, 9.17) is 23.2 Å². The Morgan fingerprint density at radius 3 is 1.92 bits per heavy atom. The standard InChI is InChI=1S/C10H11ClO2.C8H6BrClO2/c1-3-7-4-5-8(11)6-9(7)10(12)13-2;1-12-8(11)6-4-5(10)2-3-7(6)9/h4-6H,3H2,1-2H3;2-4H,1H3. The third-order valence-electron chi connectivity index (χ3n) is 3.19. The van der Waals surface area contributed by atoms with Crippen LogP contribution in [0.1, 0.15) is 33.2 Å². The van der Waals surface area contributed by atoms with E-state index in [1.54, 1.807) is 30.3 Å². The summed E-state index contributed by atoms with van der Waals surface area (Å²) in [5.41, 5.74) is 1.94. The quantitative estimate of drug-likeness (QED) is 0.576. The molecule has 25 heavy (non-hydrogen) atoms. The molecule has 0 saturated carbocycles. The van der Waals surface area contributed by atoms with Crippen molar-refractivity contribution in [3.63, 3.8) is 0 Å². The van der Waals surface area contributed by atoms with Crippen molar-refractivity contribution >= 4 is 51.1 Å². The highest BCUT2D eigenvalue weighted by Gasteiger charge is 2.11. The lowest BCUT2D eigenvalue weighted by Crippen LogP contribution is -2.04. The third kappa shape index (κ3) is 6.34. The molecule has 0 unspecified atom stereocenters. The van der Waals surface area contributed by atoms with E-state index in [-0.39, 0.29) is 5.97 Å². The van der Waals surface area contributed by atoms with Gasteiger partial charge in [-0.15, -0.1) is 0 Å². The van der Waals surface area contributed by atoms with Gasteiger partial charge in [0.2, 0.25) is 0 Å². The van der Waals surface area contributed by atoms with Crippen molar-refractivity contribution in [3.8, 4) is 0 Å².